The molecule has 1 rings (SSSR count). The lowest BCUT2D eigenvalue weighted by Gasteiger charge is -2.15. The van der Waals surface area contributed by atoms with Crippen LogP contribution in [0, 0.1) is 0 Å². The van der Waals surface area contributed by atoms with Crippen LogP contribution in [-0.4, -0.2) is 12.5 Å². The van der Waals surface area contributed by atoms with Crippen LogP contribution in [0.15, 0.2) is 18.2 Å². The maximum Gasteiger partial charge on any atom is 0.573 e. The molecule has 0 unspecified atom stereocenters. The van der Waals surface area contributed by atoms with Gasteiger partial charge >= 0.3 is 6.36 Å². The number of benzene rings is 1. The first-order chi connectivity index (χ1) is 7.81. The van der Waals surface area contributed by atoms with Crippen molar-refractivity contribution >= 4 is 0 Å². The molecule has 0 amide bonds. The Kier molecular flexibility index (Phi) is 4.22. The van der Waals surface area contributed by atoms with Gasteiger partial charge in [0.2, 0.25) is 0 Å². The van der Waals surface area contributed by atoms with E-state index in [1.54, 1.807) is 19.9 Å². The van der Waals surface area contributed by atoms with Crippen molar-refractivity contribution in [2.75, 3.05) is 0 Å². The van der Waals surface area contributed by atoms with Crippen molar-refractivity contribution in [3.63, 3.8) is 0 Å². The molecule has 0 aliphatic rings. The topological polar surface area (TPSA) is 44.5 Å². The van der Waals surface area contributed by atoms with Gasteiger partial charge in [-0.15, -0.1) is 13.2 Å². The van der Waals surface area contributed by atoms with Crippen LogP contribution in [0.3, 0.4) is 0 Å². The Labute approximate surface area is 97.3 Å². The Morgan fingerprint density at radius 3 is 2.41 bits per heavy atom. The van der Waals surface area contributed by atoms with E-state index in [4.69, 9.17) is 10.5 Å². The molecule has 1 aromatic carbocycles. The fourth-order valence-electron chi connectivity index (χ4n) is 1.27. The second-order valence-corrected chi connectivity index (χ2v) is 3.69. The minimum atomic E-state index is -4.74. The van der Waals surface area contributed by atoms with Crippen molar-refractivity contribution in [3.8, 4) is 11.5 Å². The molecule has 17 heavy (non-hydrogen) atoms. The lowest BCUT2D eigenvalue weighted by molar-refractivity contribution is -0.274. The van der Waals surface area contributed by atoms with Crippen LogP contribution in [0.25, 0.3) is 0 Å². The van der Waals surface area contributed by atoms with Gasteiger partial charge in [-0.25, -0.2) is 0 Å². The summed E-state index contributed by atoms with van der Waals surface area (Å²) in [6, 6.07) is 4.21. The summed E-state index contributed by atoms with van der Waals surface area (Å²) in [7, 11) is 0. The SMILES string of the molecule is CC(C)Oc1ccc(CN)c(OC(F)(F)F)c1. The Bertz CT molecular complexity index is 377. The standard InChI is InChI=1S/C11H14F3NO2/c1-7(2)16-9-4-3-8(6-15)10(5-9)17-11(12,13)14/h3-5,7H,6,15H2,1-2H3. The van der Waals surface area contributed by atoms with Gasteiger partial charge in [0.25, 0.3) is 0 Å². The zero-order valence-electron chi connectivity index (χ0n) is 9.54. The zero-order chi connectivity index (χ0) is 13.1. The van der Waals surface area contributed by atoms with Crippen molar-refractivity contribution in [2.45, 2.75) is 32.9 Å². The van der Waals surface area contributed by atoms with Gasteiger partial charge in [-0.3, -0.25) is 0 Å². The van der Waals surface area contributed by atoms with E-state index in [9.17, 15) is 13.2 Å². The molecule has 0 aliphatic heterocycles. The molecule has 0 spiro atoms. The van der Waals surface area contributed by atoms with Crippen molar-refractivity contribution < 1.29 is 22.6 Å². The molecule has 0 fully saturated rings. The predicted molar refractivity (Wildman–Crippen MR) is 56.8 cm³/mol. The molecule has 1 aromatic rings. The van der Waals surface area contributed by atoms with Gasteiger partial charge in [0.05, 0.1) is 6.10 Å². The third-order valence-corrected chi connectivity index (χ3v) is 1.86. The Morgan fingerprint density at radius 1 is 1.29 bits per heavy atom. The number of alkyl halides is 3. The smallest absolute Gasteiger partial charge is 0.491 e. The van der Waals surface area contributed by atoms with Gasteiger partial charge in [-0.05, 0) is 19.9 Å². The van der Waals surface area contributed by atoms with Crippen molar-refractivity contribution in [1.82, 2.24) is 0 Å². The maximum absolute atomic E-state index is 12.1. The minimum absolute atomic E-state index is 0.0344. The van der Waals surface area contributed by atoms with Gasteiger partial charge in [0.1, 0.15) is 11.5 Å². The molecule has 0 saturated carbocycles. The normalized spacial score (nSPS) is 11.7. The summed E-state index contributed by atoms with van der Waals surface area (Å²) < 4.78 is 45.6. The Hall–Kier alpha value is -1.43. The minimum Gasteiger partial charge on any atom is -0.491 e. The highest BCUT2D eigenvalue weighted by Gasteiger charge is 2.32. The molecule has 96 valence electrons. The first-order valence-corrected chi connectivity index (χ1v) is 5.07. The highest BCUT2D eigenvalue weighted by atomic mass is 19.4. The van der Waals surface area contributed by atoms with E-state index in [-0.39, 0.29) is 24.0 Å². The summed E-state index contributed by atoms with van der Waals surface area (Å²) in [6.45, 7) is 3.52. The molecular formula is C11H14F3NO2. The van der Waals surface area contributed by atoms with Crippen LogP contribution in [0.4, 0.5) is 13.2 Å². The summed E-state index contributed by atoms with van der Waals surface area (Å²) in [5, 5.41) is 0. The monoisotopic (exact) mass is 249 g/mol. The molecular weight excluding hydrogens is 235 g/mol. The van der Waals surface area contributed by atoms with Gasteiger partial charge < -0.3 is 15.2 Å². The summed E-state index contributed by atoms with van der Waals surface area (Å²) in [5.74, 6) is -0.00500. The van der Waals surface area contributed by atoms with Crippen LogP contribution in [0.2, 0.25) is 0 Å². The van der Waals surface area contributed by atoms with E-state index in [2.05, 4.69) is 4.74 Å². The fraction of sp³-hybridized carbons (Fsp3) is 0.455. The molecule has 0 aliphatic carbocycles. The average Bonchev–Trinajstić information content (AvgIpc) is 2.14. The highest BCUT2D eigenvalue weighted by Crippen LogP contribution is 2.30. The first-order valence-electron chi connectivity index (χ1n) is 5.07. The molecule has 0 heterocycles. The van der Waals surface area contributed by atoms with Gasteiger partial charge in [-0.1, -0.05) is 6.07 Å². The molecule has 0 bridgehead atoms. The van der Waals surface area contributed by atoms with Crippen LogP contribution >= 0.6 is 0 Å². The summed E-state index contributed by atoms with van der Waals surface area (Å²) in [6.07, 6.45) is -4.86. The second kappa shape index (κ2) is 5.27. The lowest BCUT2D eigenvalue weighted by atomic mass is 10.2. The summed E-state index contributed by atoms with van der Waals surface area (Å²) >= 11 is 0. The number of halogens is 3. The molecule has 3 nitrogen and oxygen atoms in total. The van der Waals surface area contributed by atoms with Crippen molar-refractivity contribution in [2.24, 2.45) is 5.73 Å². The van der Waals surface area contributed by atoms with E-state index >= 15 is 0 Å². The average molecular weight is 249 g/mol. The van der Waals surface area contributed by atoms with Crippen LogP contribution in [0.5, 0.6) is 11.5 Å². The fourth-order valence-corrected chi connectivity index (χ4v) is 1.27. The number of nitrogens with two attached hydrogens (primary N) is 1. The van der Waals surface area contributed by atoms with Crippen LogP contribution < -0.4 is 15.2 Å². The number of hydrogen-bond donors (Lipinski definition) is 1. The van der Waals surface area contributed by atoms with E-state index < -0.39 is 6.36 Å². The third kappa shape index (κ3) is 4.52. The van der Waals surface area contributed by atoms with Crippen LogP contribution in [-0.2, 0) is 6.54 Å². The van der Waals surface area contributed by atoms with Crippen LogP contribution in [0.1, 0.15) is 19.4 Å². The number of ether oxygens (including phenoxy) is 2. The van der Waals surface area contributed by atoms with E-state index in [0.29, 0.717) is 5.75 Å². The molecule has 0 aromatic heterocycles. The molecule has 0 radical (unpaired) electrons. The van der Waals surface area contributed by atoms with Crippen molar-refractivity contribution in [1.29, 1.82) is 0 Å². The highest BCUT2D eigenvalue weighted by molar-refractivity contribution is 5.40. The maximum atomic E-state index is 12.1. The Morgan fingerprint density at radius 2 is 1.94 bits per heavy atom. The summed E-state index contributed by atoms with van der Waals surface area (Å²) in [4.78, 5) is 0. The van der Waals surface area contributed by atoms with Gasteiger partial charge in [-0.2, -0.15) is 0 Å². The molecule has 0 atom stereocenters. The molecule has 6 heteroatoms. The molecule has 0 saturated heterocycles. The quantitative estimate of drug-likeness (QED) is 0.892. The van der Waals surface area contributed by atoms with Crippen molar-refractivity contribution in [3.05, 3.63) is 23.8 Å². The van der Waals surface area contributed by atoms with E-state index in [0.717, 1.165) is 0 Å². The number of hydrogen-bond acceptors (Lipinski definition) is 3. The molecule has 2 N–H and O–H groups in total. The largest absolute Gasteiger partial charge is 0.573 e. The number of rotatable bonds is 4. The zero-order valence-corrected chi connectivity index (χ0v) is 9.54. The summed E-state index contributed by atoms with van der Waals surface area (Å²) in [5.41, 5.74) is 5.61. The lowest BCUT2D eigenvalue weighted by Crippen LogP contribution is -2.19. The Balaban J connectivity index is 2.98. The van der Waals surface area contributed by atoms with E-state index in [1.807, 2.05) is 0 Å². The van der Waals surface area contributed by atoms with E-state index in [1.165, 1.54) is 12.1 Å². The van der Waals surface area contributed by atoms with Gasteiger partial charge in [0.15, 0.2) is 0 Å². The van der Waals surface area contributed by atoms with Gasteiger partial charge in [0, 0.05) is 18.2 Å². The second-order valence-electron chi connectivity index (χ2n) is 3.69. The predicted octanol–water partition coefficient (Wildman–Crippen LogP) is 2.83. The third-order valence-electron chi connectivity index (χ3n) is 1.86. The first kappa shape index (κ1) is 13.6.